The Bertz CT molecular complexity index is 270. The number of rotatable bonds is 5. The molecule has 1 aliphatic carbocycles. The van der Waals surface area contributed by atoms with Crippen molar-refractivity contribution >= 4 is 11.9 Å². The van der Waals surface area contributed by atoms with Crippen molar-refractivity contribution in [2.75, 3.05) is 6.54 Å². The van der Waals surface area contributed by atoms with E-state index < -0.39 is 5.97 Å². The van der Waals surface area contributed by atoms with Crippen molar-refractivity contribution in [1.29, 1.82) is 0 Å². The Morgan fingerprint density at radius 2 is 1.76 bits per heavy atom. The molecule has 4 heteroatoms. The normalized spacial score (nSPS) is 24.4. The fourth-order valence-corrected chi connectivity index (χ4v) is 2.75. The largest absolute Gasteiger partial charge is 0.481 e. The number of carboxylic acids is 1. The summed E-state index contributed by atoms with van der Waals surface area (Å²) in [7, 11) is 0. The van der Waals surface area contributed by atoms with Crippen LogP contribution in [-0.2, 0) is 9.59 Å². The number of hydrogen-bond acceptors (Lipinski definition) is 2. The van der Waals surface area contributed by atoms with Gasteiger partial charge in [0.2, 0.25) is 5.91 Å². The number of aliphatic carboxylic acids is 1. The van der Waals surface area contributed by atoms with Gasteiger partial charge in [0.1, 0.15) is 0 Å². The number of amides is 1. The van der Waals surface area contributed by atoms with Crippen molar-refractivity contribution in [1.82, 2.24) is 4.90 Å². The Labute approximate surface area is 103 Å². The minimum Gasteiger partial charge on any atom is -0.481 e. The average molecular weight is 241 g/mol. The third-order valence-electron chi connectivity index (χ3n) is 3.68. The van der Waals surface area contributed by atoms with Crippen LogP contribution in [0.2, 0.25) is 0 Å². The minimum absolute atomic E-state index is 0.217. The van der Waals surface area contributed by atoms with Crippen LogP contribution in [0.15, 0.2) is 0 Å². The van der Waals surface area contributed by atoms with Gasteiger partial charge in [-0.05, 0) is 38.5 Å². The molecule has 1 N–H and O–H groups in total. The van der Waals surface area contributed by atoms with E-state index in [0.29, 0.717) is 18.4 Å². The molecule has 0 saturated heterocycles. The van der Waals surface area contributed by atoms with Crippen LogP contribution in [0.25, 0.3) is 0 Å². The van der Waals surface area contributed by atoms with E-state index in [9.17, 15) is 9.59 Å². The SMILES string of the molecule is CCC(=O)N(CC)C1CCC(CC(=O)O)CC1. The Kier molecular flexibility index (Phi) is 5.45. The van der Waals surface area contributed by atoms with Gasteiger partial charge in [-0.3, -0.25) is 9.59 Å². The molecule has 0 bridgehead atoms. The van der Waals surface area contributed by atoms with Crippen LogP contribution in [0, 0.1) is 5.92 Å². The van der Waals surface area contributed by atoms with Gasteiger partial charge in [-0.25, -0.2) is 0 Å². The van der Waals surface area contributed by atoms with E-state index in [1.165, 1.54) is 0 Å². The Balaban J connectivity index is 2.44. The smallest absolute Gasteiger partial charge is 0.303 e. The number of nitrogens with zero attached hydrogens (tertiary/aromatic N) is 1. The quantitative estimate of drug-likeness (QED) is 0.803. The van der Waals surface area contributed by atoms with Gasteiger partial charge in [-0.1, -0.05) is 6.92 Å². The molecule has 0 spiro atoms. The van der Waals surface area contributed by atoms with E-state index in [2.05, 4.69) is 0 Å². The van der Waals surface area contributed by atoms with Crippen LogP contribution in [0.1, 0.15) is 52.4 Å². The maximum atomic E-state index is 11.7. The average Bonchev–Trinajstić information content (AvgIpc) is 2.31. The van der Waals surface area contributed by atoms with E-state index >= 15 is 0 Å². The summed E-state index contributed by atoms with van der Waals surface area (Å²) in [5, 5.41) is 8.75. The fraction of sp³-hybridized carbons (Fsp3) is 0.846. The number of carbonyl (C=O) groups is 2. The van der Waals surface area contributed by atoms with Crippen molar-refractivity contribution in [3.63, 3.8) is 0 Å². The summed E-state index contributed by atoms with van der Waals surface area (Å²) in [4.78, 5) is 24.3. The van der Waals surface area contributed by atoms with E-state index in [1.54, 1.807) is 0 Å². The first-order chi connectivity index (χ1) is 8.08. The number of carbonyl (C=O) groups excluding carboxylic acids is 1. The van der Waals surface area contributed by atoms with Crippen LogP contribution >= 0.6 is 0 Å². The molecule has 0 heterocycles. The number of carboxylic acid groups (broad SMARTS) is 1. The first kappa shape index (κ1) is 14.0. The Morgan fingerprint density at radius 1 is 1.18 bits per heavy atom. The monoisotopic (exact) mass is 241 g/mol. The molecular formula is C13H23NO3. The van der Waals surface area contributed by atoms with E-state index in [4.69, 9.17) is 5.11 Å². The predicted octanol–water partition coefficient (Wildman–Crippen LogP) is 2.28. The second kappa shape index (κ2) is 6.62. The van der Waals surface area contributed by atoms with Crippen molar-refractivity contribution < 1.29 is 14.7 Å². The van der Waals surface area contributed by atoms with Crippen molar-refractivity contribution in [3.05, 3.63) is 0 Å². The molecule has 1 rings (SSSR count). The minimum atomic E-state index is -0.703. The maximum Gasteiger partial charge on any atom is 0.303 e. The summed E-state index contributed by atoms with van der Waals surface area (Å²) in [5.41, 5.74) is 0. The Hall–Kier alpha value is -1.06. The lowest BCUT2D eigenvalue weighted by Gasteiger charge is -2.36. The fourth-order valence-electron chi connectivity index (χ4n) is 2.75. The summed E-state index contributed by atoms with van der Waals surface area (Å²) in [6, 6.07) is 0.331. The van der Waals surface area contributed by atoms with Gasteiger partial charge in [-0.2, -0.15) is 0 Å². The van der Waals surface area contributed by atoms with Crippen LogP contribution in [0.4, 0.5) is 0 Å². The molecule has 1 amide bonds. The molecule has 0 atom stereocenters. The van der Waals surface area contributed by atoms with Gasteiger partial charge in [0.05, 0.1) is 0 Å². The molecule has 0 radical (unpaired) electrons. The number of hydrogen-bond donors (Lipinski definition) is 1. The van der Waals surface area contributed by atoms with Gasteiger partial charge in [0.25, 0.3) is 0 Å². The lowest BCUT2D eigenvalue weighted by molar-refractivity contribution is -0.139. The van der Waals surface area contributed by atoms with E-state index in [0.717, 1.165) is 32.2 Å². The standard InChI is InChI=1S/C13H23NO3/c1-3-12(15)14(4-2)11-7-5-10(6-8-11)9-13(16)17/h10-11H,3-9H2,1-2H3,(H,16,17). The first-order valence-electron chi connectivity index (χ1n) is 6.59. The highest BCUT2D eigenvalue weighted by Crippen LogP contribution is 2.29. The van der Waals surface area contributed by atoms with Gasteiger partial charge >= 0.3 is 5.97 Å². The highest BCUT2D eigenvalue weighted by atomic mass is 16.4. The molecule has 0 aliphatic heterocycles. The van der Waals surface area contributed by atoms with Crippen molar-refractivity contribution in [3.8, 4) is 0 Å². The van der Waals surface area contributed by atoms with Crippen LogP contribution in [0.3, 0.4) is 0 Å². The van der Waals surface area contributed by atoms with Gasteiger partial charge in [-0.15, -0.1) is 0 Å². The zero-order chi connectivity index (χ0) is 12.8. The second-order valence-electron chi connectivity index (χ2n) is 4.81. The van der Waals surface area contributed by atoms with E-state index in [-0.39, 0.29) is 12.3 Å². The van der Waals surface area contributed by atoms with Crippen molar-refractivity contribution in [2.24, 2.45) is 5.92 Å². The summed E-state index contributed by atoms with van der Waals surface area (Å²) in [6.07, 6.45) is 4.62. The molecule has 0 aromatic carbocycles. The topological polar surface area (TPSA) is 57.6 Å². The highest BCUT2D eigenvalue weighted by molar-refractivity contribution is 5.76. The molecule has 0 aromatic rings. The Morgan fingerprint density at radius 3 is 2.18 bits per heavy atom. The van der Waals surface area contributed by atoms with Gasteiger partial charge in [0.15, 0.2) is 0 Å². The maximum absolute atomic E-state index is 11.7. The summed E-state index contributed by atoms with van der Waals surface area (Å²) >= 11 is 0. The molecule has 4 nitrogen and oxygen atoms in total. The lowest BCUT2D eigenvalue weighted by atomic mass is 9.83. The first-order valence-corrected chi connectivity index (χ1v) is 6.59. The molecule has 1 fully saturated rings. The molecule has 0 unspecified atom stereocenters. The summed E-state index contributed by atoms with van der Waals surface area (Å²) < 4.78 is 0. The second-order valence-corrected chi connectivity index (χ2v) is 4.81. The third-order valence-corrected chi connectivity index (χ3v) is 3.68. The lowest BCUT2D eigenvalue weighted by Crippen LogP contribution is -2.42. The summed E-state index contributed by atoms with van der Waals surface area (Å²) in [6.45, 7) is 4.67. The zero-order valence-electron chi connectivity index (χ0n) is 10.8. The van der Waals surface area contributed by atoms with Crippen LogP contribution < -0.4 is 0 Å². The molecule has 17 heavy (non-hydrogen) atoms. The molecule has 1 saturated carbocycles. The molecular weight excluding hydrogens is 218 g/mol. The van der Waals surface area contributed by atoms with Crippen LogP contribution in [0.5, 0.6) is 0 Å². The van der Waals surface area contributed by atoms with Crippen molar-refractivity contribution in [2.45, 2.75) is 58.4 Å². The zero-order valence-corrected chi connectivity index (χ0v) is 10.8. The molecule has 0 aromatic heterocycles. The van der Waals surface area contributed by atoms with Crippen LogP contribution in [-0.4, -0.2) is 34.5 Å². The predicted molar refractivity (Wildman–Crippen MR) is 65.7 cm³/mol. The molecule has 1 aliphatic rings. The summed E-state index contributed by atoms with van der Waals surface area (Å²) in [5.74, 6) is -0.182. The highest BCUT2D eigenvalue weighted by Gasteiger charge is 2.27. The molecule has 98 valence electrons. The van der Waals surface area contributed by atoms with E-state index in [1.807, 2.05) is 18.7 Å². The van der Waals surface area contributed by atoms with Gasteiger partial charge in [0, 0.05) is 25.4 Å². The third kappa shape index (κ3) is 4.02. The van der Waals surface area contributed by atoms with Gasteiger partial charge < -0.3 is 10.0 Å².